The monoisotopic (exact) mass is 443 g/mol. The number of benzene rings is 2. The highest BCUT2D eigenvalue weighted by Crippen LogP contribution is 2.13. The van der Waals surface area contributed by atoms with Crippen molar-refractivity contribution >= 4 is 35.1 Å². The van der Waals surface area contributed by atoms with E-state index in [-0.39, 0.29) is 16.2 Å². The lowest BCUT2D eigenvalue weighted by Crippen LogP contribution is -2.48. The Bertz CT molecular complexity index is 944. The summed E-state index contributed by atoms with van der Waals surface area (Å²) in [4.78, 5) is 36.1. The molecule has 0 heterocycles. The van der Waals surface area contributed by atoms with Crippen LogP contribution in [0.1, 0.15) is 51.3 Å². The number of hydrazine groups is 1. The number of carbonyl (C=O) groups is 3. The van der Waals surface area contributed by atoms with Gasteiger partial charge in [0.05, 0.1) is 19.3 Å². The first-order valence-corrected chi connectivity index (χ1v) is 10.0. The Morgan fingerprint density at radius 3 is 2.26 bits per heavy atom. The lowest BCUT2D eigenvalue weighted by atomic mass is 10.1. The molecule has 8 nitrogen and oxygen atoms in total. The zero-order valence-corrected chi connectivity index (χ0v) is 18.4. The molecule has 0 unspecified atom stereocenters. The summed E-state index contributed by atoms with van der Waals surface area (Å²) in [6, 6.07) is 12.7. The van der Waals surface area contributed by atoms with E-state index >= 15 is 0 Å². The minimum atomic E-state index is -0.557. The first-order chi connectivity index (χ1) is 14.8. The molecule has 164 valence electrons. The highest BCUT2D eigenvalue weighted by molar-refractivity contribution is 7.80. The summed E-state index contributed by atoms with van der Waals surface area (Å²) < 4.78 is 10.3. The predicted octanol–water partition coefficient (Wildman–Crippen LogP) is 2.85. The average Bonchev–Trinajstić information content (AvgIpc) is 2.77. The summed E-state index contributed by atoms with van der Waals surface area (Å²) in [6.45, 7) is 4.85. The molecule has 9 heteroatoms. The standard InChI is InChI=1S/C22H25N3O5S/c1-14(2)11-12-30-18-9-7-15(8-10-18)20(27)24-25-22(31)23-19(26)16-5-4-6-17(13-16)21(28)29-3/h4-10,13-14H,11-12H2,1-3H3,(H,24,27)(H2,23,25,26,31). The molecule has 2 aromatic carbocycles. The summed E-state index contributed by atoms with van der Waals surface area (Å²) in [7, 11) is 1.25. The Hall–Kier alpha value is -3.46. The van der Waals surface area contributed by atoms with Gasteiger partial charge in [-0.3, -0.25) is 25.8 Å². The van der Waals surface area contributed by atoms with E-state index in [2.05, 4.69) is 34.8 Å². The number of hydrogen-bond donors (Lipinski definition) is 3. The van der Waals surface area contributed by atoms with E-state index in [9.17, 15) is 14.4 Å². The van der Waals surface area contributed by atoms with Crippen molar-refractivity contribution in [2.45, 2.75) is 20.3 Å². The zero-order valence-electron chi connectivity index (χ0n) is 17.6. The largest absolute Gasteiger partial charge is 0.494 e. The van der Waals surface area contributed by atoms with Crippen LogP contribution >= 0.6 is 12.2 Å². The second kappa shape index (κ2) is 11.7. The Labute approximate surface area is 186 Å². The lowest BCUT2D eigenvalue weighted by molar-refractivity contribution is 0.0600. The smallest absolute Gasteiger partial charge is 0.337 e. The second-order valence-corrected chi connectivity index (χ2v) is 7.40. The molecule has 31 heavy (non-hydrogen) atoms. The number of methoxy groups -OCH3 is 1. The van der Waals surface area contributed by atoms with Crippen LogP contribution in [-0.4, -0.2) is 36.6 Å². The van der Waals surface area contributed by atoms with Crippen molar-refractivity contribution in [2.24, 2.45) is 5.92 Å². The van der Waals surface area contributed by atoms with E-state index < -0.39 is 17.8 Å². The number of rotatable bonds is 7. The molecule has 0 saturated carbocycles. The summed E-state index contributed by atoms with van der Waals surface area (Å²) in [5, 5.41) is 2.32. The Morgan fingerprint density at radius 1 is 0.935 bits per heavy atom. The molecule has 2 amide bonds. The van der Waals surface area contributed by atoms with Crippen molar-refractivity contribution in [3.8, 4) is 5.75 Å². The number of amides is 2. The molecule has 0 aliphatic heterocycles. The van der Waals surface area contributed by atoms with Gasteiger partial charge in [0, 0.05) is 11.1 Å². The number of hydrogen-bond acceptors (Lipinski definition) is 6. The Morgan fingerprint density at radius 2 is 1.61 bits per heavy atom. The van der Waals surface area contributed by atoms with Crippen molar-refractivity contribution in [2.75, 3.05) is 13.7 Å². The van der Waals surface area contributed by atoms with E-state index in [0.29, 0.717) is 23.8 Å². The molecule has 0 aromatic heterocycles. The average molecular weight is 444 g/mol. The van der Waals surface area contributed by atoms with Crippen LogP contribution in [0.3, 0.4) is 0 Å². The predicted molar refractivity (Wildman–Crippen MR) is 120 cm³/mol. The second-order valence-electron chi connectivity index (χ2n) is 6.99. The van der Waals surface area contributed by atoms with Gasteiger partial charge in [0.15, 0.2) is 5.11 Å². The quantitative estimate of drug-likeness (QED) is 0.343. The van der Waals surface area contributed by atoms with Gasteiger partial charge in [-0.05, 0) is 67.0 Å². The summed E-state index contributed by atoms with van der Waals surface area (Å²) >= 11 is 5.03. The highest BCUT2D eigenvalue weighted by atomic mass is 32.1. The fourth-order valence-corrected chi connectivity index (χ4v) is 2.56. The SMILES string of the molecule is COC(=O)c1cccc(C(=O)NC(=S)NNC(=O)c2ccc(OCCC(C)C)cc2)c1. The van der Waals surface area contributed by atoms with Gasteiger partial charge in [-0.15, -0.1) is 0 Å². The van der Waals surface area contributed by atoms with Gasteiger partial charge in [0.25, 0.3) is 11.8 Å². The van der Waals surface area contributed by atoms with Crippen LogP contribution in [0.15, 0.2) is 48.5 Å². The molecule has 0 saturated heterocycles. The van der Waals surface area contributed by atoms with Crippen LogP contribution in [0.5, 0.6) is 5.75 Å². The minimum Gasteiger partial charge on any atom is -0.494 e. The van der Waals surface area contributed by atoms with Crippen LogP contribution in [-0.2, 0) is 4.74 Å². The Kier molecular flexibility index (Phi) is 8.95. The van der Waals surface area contributed by atoms with E-state index in [1.165, 1.54) is 25.3 Å². The molecule has 0 radical (unpaired) electrons. The maximum atomic E-state index is 12.3. The van der Waals surface area contributed by atoms with Crippen molar-refractivity contribution in [3.63, 3.8) is 0 Å². The molecule has 0 atom stereocenters. The number of carbonyl (C=O) groups excluding carboxylic acids is 3. The van der Waals surface area contributed by atoms with Crippen molar-refractivity contribution in [3.05, 3.63) is 65.2 Å². The molecule has 2 rings (SSSR count). The number of esters is 1. The van der Waals surface area contributed by atoms with Gasteiger partial charge in [-0.1, -0.05) is 19.9 Å². The van der Waals surface area contributed by atoms with Crippen LogP contribution in [0, 0.1) is 5.92 Å². The Balaban J connectivity index is 1.83. The first kappa shape index (κ1) is 23.8. The number of ether oxygens (including phenoxy) is 2. The van der Waals surface area contributed by atoms with Gasteiger partial charge < -0.3 is 9.47 Å². The molecule has 0 aliphatic rings. The summed E-state index contributed by atoms with van der Waals surface area (Å²) in [5.41, 5.74) is 5.72. The van der Waals surface area contributed by atoms with Gasteiger partial charge >= 0.3 is 5.97 Å². The minimum absolute atomic E-state index is 0.101. The van der Waals surface area contributed by atoms with Crippen LogP contribution < -0.4 is 20.9 Å². The van der Waals surface area contributed by atoms with E-state index in [4.69, 9.17) is 17.0 Å². The van der Waals surface area contributed by atoms with Crippen LogP contribution in [0.2, 0.25) is 0 Å². The van der Waals surface area contributed by atoms with Crippen LogP contribution in [0.25, 0.3) is 0 Å². The number of thiocarbonyl (C=S) groups is 1. The third-order valence-corrected chi connectivity index (χ3v) is 4.35. The maximum absolute atomic E-state index is 12.3. The fourth-order valence-electron chi connectivity index (χ4n) is 2.41. The molecular weight excluding hydrogens is 418 g/mol. The summed E-state index contributed by atoms with van der Waals surface area (Å²) in [5.74, 6) is -0.295. The molecular formula is C22H25N3O5S. The van der Waals surface area contributed by atoms with Crippen LogP contribution in [0.4, 0.5) is 0 Å². The van der Waals surface area contributed by atoms with Gasteiger partial charge in [0.1, 0.15) is 5.75 Å². The summed E-state index contributed by atoms with van der Waals surface area (Å²) in [6.07, 6.45) is 0.947. The zero-order chi connectivity index (χ0) is 22.8. The molecule has 0 spiro atoms. The van der Waals surface area contributed by atoms with E-state index in [1.807, 2.05) is 0 Å². The molecule has 2 aromatic rings. The molecule has 0 fully saturated rings. The van der Waals surface area contributed by atoms with Gasteiger partial charge in [0.2, 0.25) is 0 Å². The van der Waals surface area contributed by atoms with Gasteiger partial charge in [-0.2, -0.15) is 0 Å². The normalized spacial score (nSPS) is 10.2. The first-order valence-electron chi connectivity index (χ1n) is 9.63. The van der Waals surface area contributed by atoms with E-state index in [1.54, 1.807) is 30.3 Å². The van der Waals surface area contributed by atoms with Crippen molar-refractivity contribution < 1.29 is 23.9 Å². The molecule has 0 aliphatic carbocycles. The lowest BCUT2D eigenvalue weighted by Gasteiger charge is -2.12. The molecule has 0 bridgehead atoms. The third-order valence-electron chi connectivity index (χ3n) is 4.14. The third kappa shape index (κ3) is 7.71. The fraction of sp³-hybridized carbons (Fsp3) is 0.273. The highest BCUT2D eigenvalue weighted by Gasteiger charge is 2.12. The van der Waals surface area contributed by atoms with Crippen molar-refractivity contribution in [1.82, 2.24) is 16.2 Å². The van der Waals surface area contributed by atoms with Crippen molar-refractivity contribution in [1.29, 1.82) is 0 Å². The number of nitrogens with one attached hydrogen (secondary N) is 3. The topological polar surface area (TPSA) is 106 Å². The maximum Gasteiger partial charge on any atom is 0.337 e. The van der Waals surface area contributed by atoms with Gasteiger partial charge in [-0.25, -0.2) is 4.79 Å². The molecule has 3 N–H and O–H groups in total. The van der Waals surface area contributed by atoms with E-state index in [0.717, 1.165) is 6.42 Å².